The average molecular weight is 389 g/mol. The van der Waals surface area contributed by atoms with Gasteiger partial charge in [0.25, 0.3) is 0 Å². The van der Waals surface area contributed by atoms with Crippen molar-refractivity contribution in [3.05, 3.63) is 12.2 Å². The second-order valence-corrected chi connectivity index (χ2v) is 11.1. The smallest absolute Gasteiger partial charge is 0.174 e. The van der Waals surface area contributed by atoms with Gasteiger partial charge in [-0.1, -0.05) is 26.0 Å². The molecule has 0 aromatic heterocycles. The van der Waals surface area contributed by atoms with Crippen LogP contribution in [0.15, 0.2) is 12.2 Å². The van der Waals surface area contributed by atoms with Crippen LogP contribution in [-0.2, 0) is 18.9 Å². The van der Waals surface area contributed by atoms with Crippen molar-refractivity contribution in [2.45, 2.75) is 76.8 Å². The fourth-order valence-corrected chi connectivity index (χ4v) is 8.82. The van der Waals surface area contributed by atoms with Gasteiger partial charge < -0.3 is 18.9 Å². The molecule has 4 heteroatoms. The van der Waals surface area contributed by atoms with Crippen LogP contribution in [0.25, 0.3) is 0 Å². The van der Waals surface area contributed by atoms with Gasteiger partial charge in [-0.05, 0) is 61.2 Å². The van der Waals surface area contributed by atoms with Crippen molar-refractivity contribution in [2.24, 2.45) is 34.5 Å². The summed E-state index contributed by atoms with van der Waals surface area (Å²) in [6.07, 6.45) is 9.33. The molecule has 28 heavy (non-hydrogen) atoms. The minimum Gasteiger partial charge on any atom is -0.348 e. The highest BCUT2D eigenvalue weighted by Gasteiger charge is 2.68. The predicted molar refractivity (Wildman–Crippen MR) is 106 cm³/mol. The van der Waals surface area contributed by atoms with Crippen LogP contribution in [0.2, 0.25) is 0 Å². The summed E-state index contributed by atoms with van der Waals surface area (Å²) in [6.45, 7) is 12.7. The first kappa shape index (κ1) is 18.4. The van der Waals surface area contributed by atoms with E-state index in [-0.39, 0.29) is 17.0 Å². The Balaban J connectivity index is 1.31. The van der Waals surface area contributed by atoms with Crippen molar-refractivity contribution in [1.29, 1.82) is 0 Å². The van der Waals surface area contributed by atoms with E-state index >= 15 is 0 Å². The Bertz CT molecular complexity index is 676. The van der Waals surface area contributed by atoms with Crippen LogP contribution in [0.4, 0.5) is 0 Å². The molecule has 4 nitrogen and oxygen atoms in total. The number of ether oxygens (including phenoxy) is 4. The summed E-state index contributed by atoms with van der Waals surface area (Å²) in [5.41, 5.74) is 1.97. The SMILES string of the molecule is C=C1C[C@H]2[C@@H](CC[C@]3(C)[C@@H]2CCC32OCCO2)[C@]2(C)CCC3(C[C@@H]12)OCCO3. The summed E-state index contributed by atoms with van der Waals surface area (Å²) in [6, 6.07) is 0. The van der Waals surface area contributed by atoms with Gasteiger partial charge in [0.05, 0.1) is 26.4 Å². The van der Waals surface area contributed by atoms with Crippen LogP contribution < -0.4 is 0 Å². The molecule has 2 aliphatic heterocycles. The summed E-state index contributed by atoms with van der Waals surface area (Å²) in [5.74, 6) is 2.15. The molecule has 2 heterocycles. The predicted octanol–water partition coefficient (Wildman–Crippen LogP) is 4.68. The molecule has 2 saturated heterocycles. The Kier molecular flexibility index (Phi) is 3.83. The monoisotopic (exact) mass is 388 g/mol. The largest absolute Gasteiger partial charge is 0.348 e. The highest BCUT2D eigenvalue weighted by atomic mass is 16.7. The van der Waals surface area contributed by atoms with Crippen molar-refractivity contribution in [1.82, 2.24) is 0 Å². The van der Waals surface area contributed by atoms with Crippen molar-refractivity contribution in [3.8, 4) is 0 Å². The Morgan fingerprint density at radius 3 is 2.25 bits per heavy atom. The fraction of sp³-hybridized carbons (Fsp3) is 0.917. The van der Waals surface area contributed by atoms with Gasteiger partial charge in [0, 0.05) is 24.7 Å². The summed E-state index contributed by atoms with van der Waals surface area (Å²) in [7, 11) is 0. The minimum atomic E-state index is -0.313. The molecular formula is C24H36O4. The van der Waals surface area contributed by atoms with Crippen molar-refractivity contribution in [3.63, 3.8) is 0 Å². The van der Waals surface area contributed by atoms with Crippen LogP contribution in [-0.4, -0.2) is 38.0 Å². The van der Waals surface area contributed by atoms with Gasteiger partial charge >= 0.3 is 0 Å². The van der Waals surface area contributed by atoms with E-state index < -0.39 is 0 Å². The quantitative estimate of drug-likeness (QED) is 0.565. The maximum Gasteiger partial charge on any atom is 0.174 e. The lowest BCUT2D eigenvalue weighted by molar-refractivity contribution is -0.252. The van der Waals surface area contributed by atoms with Crippen molar-refractivity contribution >= 4 is 0 Å². The van der Waals surface area contributed by atoms with Gasteiger partial charge in [-0.3, -0.25) is 0 Å². The number of hydrogen-bond acceptors (Lipinski definition) is 4. The summed E-state index contributed by atoms with van der Waals surface area (Å²) in [4.78, 5) is 0. The molecule has 4 aliphatic carbocycles. The van der Waals surface area contributed by atoms with E-state index in [0.29, 0.717) is 17.3 Å². The normalized spacial score (nSPS) is 51.3. The lowest BCUT2D eigenvalue weighted by Gasteiger charge is -2.62. The second-order valence-electron chi connectivity index (χ2n) is 11.1. The molecule has 0 bridgehead atoms. The molecule has 2 spiro atoms. The maximum atomic E-state index is 6.30. The molecule has 0 aromatic rings. The van der Waals surface area contributed by atoms with Crippen molar-refractivity contribution in [2.75, 3.05) is 26.4 Å². The third-order valence-corrected chi connectivity index (χ3v) is 10.2. The van der Waals surface area contributed by atoms with Crippen LogP contribution >= 0.6 is 0 Å². The van der Waals surface area contributed by atoms with Gasteiger partial charge in [-0.2, -0.15) is 0 Å². The van der Waals surface area contributed by atoms with E-state index in [1.807, 2.05) is 0 Å². The molecule has 0 radical (unpaired) electrons. The zero-order valence-electron chi connectivity index (χ0n) is 17.6. The van der Waals surface area contributed by atoms with Crippen LogP contribution in [0.1, 0.15) is 65.2 Å². The first-order chi connectivity index (χ1) is 13.4. The van der Waals surface area contributed by atoms with Crippen LogP contribution in [0.5, 0.6) is 0 Å². The van der Waals surface area contributed by atoms with Gasteiger partial charge in [0.1, 0.15) is 0 Å². The van der Waals surface area contributed by atoms with Crippen LogP contribution in [0.3, 0.4) is 0 Å². The van der Waals surface area contributed by atoms with Crippen molar-refractivity contribution < 1.29 is 18.9 Å². The lowest BCUT2D eigenvalue weighted by atomic mass is 9.44. The lowest BCUT2D eigenvalue weighted by Crippen LogP contribution is -2.58. The molecule has 156 valence electrons. The molecule has 0 N–H and O–H groups in total. The minimum absolute atomic E-state index is 0.168. The maximum absolute atomic E-state index is 6.30. The first-order valence-corrected chi connectivity index (χ1v) is 11.7. The number of rotatable bonds is 0. The molecule has 0 aromatic carbocycles. The molecule has 0 amide bonds. The second kappa shape index (κ2) is 5.84. The topological polar surface area (TPSA) is 36.9 Å². The molecule has 4 saturated carbocycles. The fourth-order valence-electron chi connectivity index (χ4n) is 8.82. The molecule has 6 rings (SSSR count). The number of hydrogen-bond donors (Lipinski definition) is 0. The molecular weight excluding hydrogens is 352 g/mol. The first-order valence-electron chi connectivity index (χ1n) is 11.7. The van der Waals surface area contributed by atoms with Gasteiger partial charge in [-0.15, -0.1) is 0 Å². The third kappa shape index (κ3) is 2.16. The van der Waals surface area contributed by atoms with E-state index in [9.17, 15) is 0 Å². The van der Waals surface area contributed by atoms with E-state index in [0.717, 1.165) is 57.5 Å². The van der Waals surface area contributed by atoms with E-state index in [1.54, 1.807) is 0 Å². The zero-order valence-corrected chi connectivity index (χ0v) is 17.6. The summed E-state index contributed by atoms with van der Waals surface area (Å²) in [5, 5.41) is 0. The summed E-state index contributed by atoms with van der Waals surface area (Å²) >= 11 is 0. The molecule has 6 fully saturated rings. The Morgan fingerprint density at radius 1 is 0.821 bits per heavy atom. The Morgan fingerprint density at radius 2 is 1.50 bits per heavy atom. The van der Waals surface area contributed by atoms with Gasteiger partial charge in [0.2, 0.25) is 0 Å². The third-order valence-electron chi connectivity index (χ3n) is 10.2. The Labute approximate surface area is 169 Å². The van der Waals surface area contributed by atoms with E-state index in [2.05, 4.69) is 20.4 Å². The number of fused-ring (bicyclic) bond motifs is 6. The molecule has 0 unspecified atom stereocenters. The highest BCUT2D eigenvalue weighted by molar-refractivity contribution is 5.22. The Hall–Kier alpha value is -0.420. The standard InChI is InChI=1S/C24H36O4/c1-16-14-17-18(21(2)8-9-23(15-20(16)21)25-10-11-26-23)4-6-22(3)19(17)5-7-24(22)27-12-13-28-24/h17-20H,1,4-15H2,2-3H3/t17-,18+,19+,20-,21-,22+/m0/s1. The average Bonchev–Trinajstić information content (AvgIpc) is 3.39. The molecule has 6 aliphatic rings. The van der Waals surface area contributed by atoms with E-state index in [4.69, 9.17) is 18.9 Å². The number of allylic oxidation sites excluding steroid dienone is 1. The van der Waals surface area contributed by atoms with Gasteiger partial charge in [-0.25, -0.2) is 0 Å². The highest BCUT2D eigenvalue weighted by Crippen LogP contribution is 2.70. The summed E-state index contributed by atoms with van der Waals surface area (Å²) < 4.78 is 24.8. The van der Waals surface area contributed by atoms with Gasteiger partial charge in [0.15, 0.2) is 11.6 Å². The van der Waals surface area contributed by atoms with E-state index in [1.165, 1.54) is 37.7 Å². The molecule has 6 atom stereocenters. The zero-order chi connectivity index (χ0) is 19.2. The van der Waals surface area contributed by atoms with Crippen LogP contribution in [0, 0.1) is 34.5 Å².